The smallest absolute Gasteiger partial charge is 0.213 e. The molecule has 6 rings (SSSR count). The zero-order valence-electron chi connectivity index (χ0n) is 20.6. The Kier molecular flexibility index (Phi) is 6.42. The minimum Gasteiger partial charge on any atom is -0.477 e. The van der Waals surface area contributed by atoms with E-state index in [1.54, 1.807) is 0 Å². The molecule has 36 heavy (non-hydrogen) atoms. The Morgan fingerprint density at radius 1 is 1.03 bits per heavy atom. The van der Waals surface area contributed by atoms with Gasteiger partial charge in [0, 0.05) is 50.4 Å². The fourth-order valence-corrected chi connectivity index (χ4v) is 5.28. The van der Waals surface area contributed by atoms with Gasteiger partial charge in [0.2, 0.25) is 5.88 Å². The van der Waals surface area contributed by atoms with Gasteiger partial charge < -0.3 is 19.5 Å². The Bertz CT molecular complexity index is 1310. The molecule has 0 bridgehead atoms. The molecule has 3 aromatic heterocycles. The first-order valence-electron chi connectivity index (χ1n) is 12.8. The SMILES string of the molecule is Cc1ccc(NCc2cccc(OC[C@@H]3CC[C@H]4CN(c5noc6ccccc56)CCN4C3)n2)nc1. The van der Waals surface area contributed by atoms with Gasteiger partial charge in [-0.2, -0.15) is 0 Å². The van der Waals surface area contributed by atoms with Crippen molar-refractivity contribution in [2.75, 3.05) is 43.0 Å². The predicted octanol–water partition coefficient (Wildman–Crippen LogP) is 4.52. The highest BCUT2D eigenvalue weighted by molar-refractivity contribution is 5.88. The second-order valence-corrected chi connectivity index (χ2v) is 9.89. The maximum Gasteiger partial charge on any atom is 0.213 e. The van der Waals surface area contributed by atoms with Gasteiger partial charge in [0.25, 0.3) is 0 Å². The number of pyridine rings is 2. The molecule has 0 amide bonds. The summed E-state index contributed by atoms with van der Waals surface area (Å²) in [5.74, 6) is 3.04. The molecule has 0 saturated carbocycles. The summed E-state index contributed by atoms with van der Waals surface area (Å²) in [5, 5.41) is 8.80. The van der Waals surface area contributed by atoms with Gasteiger partial charge >= 0.3 is 0 Å². The molecule has 2 atom stereocenters. The third kappa shape index (κ3) is 4.99. The number of hydrogen-bond acceptors (Lipinski definition) is 8. The number of fused-ring (bicyclic) bond motifs is 2. The van der Waals surface area contributed by atoms with Crippen LogP contribution in [-0.2, 0) is 6.54 Å². The summed E-state index contributed by atoms with van der Waals surface area (Å²) in [6, 6.07) is 18.7. The number of benzene rings is 1. The average molecular weight is 485 g/mol. The average Bonchev–Trinajstić information content (AvgIpc) is 3.36. The van der Waals surface area contributed by atoms with Crippen molar-refractivity contribution in [2.24, 2.45) is 5.92 Å². The van der Waals surface area contributed by atoms with E-state index in [-0.39, 0.29) is 0 Å². The van der Waals surface area contributed by atoms with Crippen molar-refractivity contribution in [2.45, 2.75) is 32.4 Å². The second-order valence-electron chi connectivity index (χ2n) is 9.89. The van der Waals surface area contributed by atoms with Crippen LogP contribution in [0.2, 0.25) is 0 Å². The van der Waals surface area contributed by atoms with Crippen molar-refractivity contribution in [1.82, 2.24) is 20.0 Å². The van der Waals surface area contributed by atoms with E-state index in [4.69, 9.17) is 9.26 Å². The van der Waals surface area contributed by atoms with Crippen LogP contribution in [0.15, 0.2) is 65.3 Å². The zero-order chi connectivity index (χ0) is 24.3. The van der Waals surface area contributed by atoms with Crippen LogP contribution in [0.1, 0.15) is 24.1 Å². The molecule has 2 saturated heterocycles. The Morgan fingerprint density at radius 2 is 1.97 bits per heavy atom. The molecule has 4 aromatic rings. The van der Waals surface area contributed by atoms with Gasteiger partial charge in [-0.25, -0.2) is 9.97 Å². The molecule has 1 N–H and O–H groups in total. The van der Waals surface area contributed by atoms with E-state index in [0.717, 1.165) is 66.5 Å². The first-order chi connectivity index (χ1) is 17.7. The van der Waals surface area contributed by atoms with Crippen LogP contribution in [0.25, 0.3) is 11.0 Å². The maximum absolute atomic E-state index is 6.15. The van der Waals surface area contributed by atoms with E-state index >= 15 is 0 Å². The molecular weight excluding hydrogens is 452 g/mol. The monoisotopic (exact) mass is 484 g/mol. The Labute approximate surface area is 211 Å². The summed E-state index contributed by atoms with van der Waals surface area (Å²) in [4.78, 5) is 14.1. The van der Waals surface area contributed by atoms with E-state index in [1.165, 1.54) is 6.42 Å². The molecule has 0 aliphatic carbocycles. The first kappa shape index (κ1) is 22.8. The summed E-state index contributed by atoms with van der Waals surface area (Å²) in [5.41, 5.74) is 2.94. The van der Waals surface area contributed by atoms with Gasteiger partial charge in [0.1, 0.15) is 5.82 Å². The van der Waals surface area contributed by atoms with E-state index in [2.05, 4.69) is 36.3 Å². The van der Waals surface area contributed by atoms with Crippen LogP contribution in [0.3, 0.4) is 0 Å². The lowest BCUT2D eigenvalue weighted by Crippen LogP contribution is -2.57. The molecule has 8 nitrogen and oxygen atoms in total. The second kappa shape index (κ2) is 10.1. The van der Waals surface area contributed by atoms with Gasteiger partial charge in [-0.05, 0) is 49.6 Å². The van der Waals surface area contributed by atoms with Crippen molar-refractivity contribution in [3.8, 4) is 5.88 Å². The number of anilines is 2. The number of ether oxygens (including phenoxy) is 1. The Hall–Kier alpha value is -3.65. The Morgan fingerprint density at radius 3 is 2.89 bits per heavy atom. The molecule has 0 radical (unpaired) electrons. The number of aromatic nitrogens is 3. The zero-order valence-corrected chi connectivity index (χ0v) is 20.6. The highest BCUT2D eigenvalue weighted by Crippen LogP contribution is 2.31. The van der Waals surface area contributed by atoms with Crippen LogP contribution in [0.4, 0.5) is 11.6 Å². The molecule has 8 heteroatoms. The summed E-state index contributed by atoms with van der Waals surface area (Å²) in [6.07, 6.45) is 4.19. The molecule has 0 unspecified atom stereocenters. The molecule has 2 fully saturated rings. The van der Waals surface area contributed by atoms with E-state index in [9.17, 15) is 0 Å². The number of nitrogens with one attached hydrogen (secondary N) is 1. The lowest BCUT2D eigenvalue weighted by molar-refractivity contribution is 0.0716. The molecular formula is C28H32N6O2. The van der Waals surface area contributed by atoms with Gasteiger partial charge in [0.05, 0.1) is 24.2 Å². The van der Waals surface area contributed by atoms with E-state index in [1.807, 2.05) is 61.7 Å². The van der Waals surface area contributed by atoms with Crippen LogP contribution in [0.5, 0.6) is 5.88 Å². The highest BCUT2D eigenvalue weighted by atomic mass is 16.5. The fourth-order valence-electron chi connectivity index (χ4n) is 5.28. The highest BCUT2D eigenvalue weighted by Gasteiger charge is 2.34. The summed E-state index contributed by atoms with van der Waals surface area (Å²) < 4.78 is 11.7. The van der Waals surface area contributed by atoms with Crippen LogP contribution >= 0.6 is 0 Å². The normalized spacial score (nSPS) is 20.3. The van der Waals surface area contributed by atoms with Crippen LogP contribution < -0.4 is 15.0 Å². The number of rotatable bonds is 7. The van der Waals surface area contributed by atoms with Gasteiger partial charge in [-0.1, -0.05) is 29.4 Å². The summed E-state index contributed by atoms with van der Waals surface area (Å²) >= 11 is 0. The van der Waals surface area contributed by atoms with Crippen molar-refractivity contribution in [1.29, 1.82) is 0 Å². The fraction of sp³-hybridized carbons (Fsp3) is 0.393. The predicted molar refractivity (Wildman–Crippen MR) is 140 cm³/mol. The summed E-state index contributed by atoms with van der Waals surface area (Å²) in [7, 11) is 0. The van der Waals surface area contributed by atoms with Gasteiger partial charge in [0.15, 0.2) is 11.4 Å². The van der Waals surface area contributed by atoms with Crippen LogP contribution in [-0.4, -0.2) is 58.9 Å². The molecule has 2 aliphatic rings. The topological polar surface area (TPSA) is 79.5 Å². The Balaban J connectivity index is 1.000. The van der Waals surface area contributed by atoms with Crippen molar-refractivity contribution in [3.05, 3.63) is 72.1 Å². The number of piperidine rings is 1. The number of para-hydroxylation sites is 1. The van der Waals surface area contributed by atoms with Gasteiger partial charge in [-0.3, -0.25) is 4.90 Å². The molecule has 5 heterocycles. The van der Waals surface area contributed by atoms with E-state index < -0.39 is 0 Å². The van der Waals surface area contributed by atoms with Crippen molar-refractivity contribution in [3.63, 3.8) is 0 Å². The standard InChI is InChI=1S/C28H32N6O2/c1-20-9-12-26(29-15-20)30-16-22-5-4-8-27(31-22)35-19-21-10-11-23-18-34(14-13-33(23)17-21)28-24-6-2-3-7-25(24)36-32-28/h2-9,12,15,21,23H,10-11,13-14,16-19H2,1H3,(H,29,30)/t21-,23+/m1/s1. The molecule has 186 valence electrons. The number of piperazine rings is 1. The van der Waals surface area contributed by atoms with E-state index in [0.29, 0.717) is 31.0 Å². The van der Waals surface area contributed by atoms with Crippen molar-refractivity contribution >= 4 is 22.6 Å². The third-order valence-electron chi connectivity index (χ3n) is 7.27. The van der Waals surface area contributed by atoms with Gasteiger partial charge in [-0.15, -0.1) is 0 Å². The number of nitrogens with zero attached hydrogens (tertiary/aromatic N) is 5. The lowest BCUT2D eigenvalue weighted by Gasteiger charge is -2.46. The van der Waals surface area contributed by atoms with Crippen molar-refractivity contribution < 1.29 is 9.26 Å². The largest absolute Gasteiger partial charge is 0.477 e. The third-order valence-corrected chi connectivity index (χ3v) is 7.27. The molecule has 1 aromatic carbocycles. The molecule has 0 spiro atoms. The van der Waals surface area contributed by atoms with Crippen LogP contribution in [0, 0.1) is 12.8 Å². The molecule has 2 aliphatic heterocycles. The first-order valence-corrected chi connectivity index (χ1v) is 12.8. The minimum absolute atomic E-state index is 0.515. The lowest BCUT2D eigenvalue weighted by atomic mass is 9.91. The summed E-state index contributed by atoms with van der Waals surface area (Å²) in [6.45, 7) is 7.41. The minimum atomic E-state index is 0.515. The maximum atomic E-state index is 6.15. The number of aryl methyl sites for hydroxylation is 1. The number of hydrogen-bond donors (Lipinski definition) is 1. The quantitative estimate of drug-likeness (QED) is 0.410.